The van der Waals surface area contributed by atoms with E-state index in [0.29, 0.717) is 0 Å². The molecule has 1 aromatic heterocycles. The van der Waals surface area contributed by atoms with Gasteiger partial charge in [0, 0.05) is 22.1 Å². The number of hydrogen-bond acceptors (Lipinski definition) is 2. The third-order valence-corrected chi connectivity index (χ3v) is 4.06. The summed E-state index contributed by atoms with van der Waals surface area (Å²) in [6, 6.07) is 12.5. The zero-order valence-corrected chi connectivity index (χ0v) is 12.2. The highest BCUT2D eigenvalue weighted by Crippen LogP contribution is 2.23. The summed E-state index contributed by atoms with van der Waals surface area (Å²) in [4.78, 5) is 0. The number of benzene rings is 2. The van der Waals surface area contributed by atoms with E-state index in [9.17, 15) is 0 Å². The Morgan fingerprint density at radius 1 is 1.26 bits per heavy atom. The Morgan fingerprint density at radius 3 is 3.00 bits per heavy atom. The van der Waals surface area contributed by atoms with E-state index in [4.69, 9.17) is 0 Å². The minimum atomic E-state index is 0.795. The maximum absolute atomic E-state index is 4.07. The lowest BCUT2D eigenvalue weighted by Crippen LogP contribution is -1.99. The van der Waals surface area contributed by atoms with Gasteiger partial charge in [-0.05, 0) is 36.2 Å². The maximum atomic E-state index is 4.07. The third kappa shape index (κ3) is 2.49. The zero-order chi connectivity index (χ0) is 13.2. The van der Waals surface area contributed by atoms with Crippen molar-refractivity contribution in [3.05, 3.63) is 58.2 Å². The average molecular weight is 316 g/mol. The van der Waals surface area contributed by atoms with E-state index in [1.165, 1.54) is 11.1 Å². The van der Waals surface area contributed by atoms with Crippen LogP contribution in [0.3, 0.4) is 0 Å². The van der Waals surface area contributed by atoms with Crippen LogP contribution in [0.1, 0.15) is 11.1 Å². The number of nitrogens with one attached hydrogen (secondary N) is 2. The molecular weight excluding hydrogens is 302 g/mol. The molecule has 0 radical (unpaired) electrons. The number of H-pyrrole nitrogens is 1. The van der Waals surface area contributed by atoms with Crippen LogP contribution in [-0.2, 0) is 6.54 Å². The first kappa shape index (κ1) is 12.2. The molecule has 0 aliphatic carbocycles. The monoisotopic (exact) mass is 315 g/mol. The van der Waals surface area contributed by atoms with Crippen LogP contribution >= 0.6 is 15.9 Å². The highest BCUT2D eigenvalue weighted by atomic mass is 79.9. The van der Waals surface area contributed by atoms with Crippen molar-refractivity contribution in [3.8, 4) is 0 Å². The SMILES string of the molecule is Cc1ccc(CNc2cccc3[nH]ncc23)cc1Br. The molecule has 0 unspecified atom stereocenters. The van der Waals surface area contributed by atoms with Crippen LogP contribution in [0.5, 0.6) is 0 Å². The van der Waals surface area contributed by atoms with Crippen LogP contribution in [0.2, 0.25) is 0 Å². The average Bonchev–Trinajstić information content (AvgIpc) is 2.89. The van der Waals surface area contributed by atoms with Gasteiger partial charge in [0.1, 0.15) is 0 Å². The first-order valence-corrected chi connectivity index (χ1v) is 6.94. The predicted octanol–water partition coefficient (Wildman–Crippen LogP) is 4.25. The van der Waals surface area contributed by atoms with Gasteiger partial charge < -0.3 is 5.32 Å². The summed E-state index contributed by atoms with van der Waals surface area (Å²) in [5.41, 5.74) is 4.65. The molecule has 3 nitrogen and oxygen atoms in total. The van der Waals surface area contributed by atoms with Gasteiger partial charge in [-0.15, -0.1) is 0 Å². The standard InChI is InChI=1S/C15H14BrN3/c1-10-5-6-11(7-13(10)16)8-17-14-3-2-4-15-12(14)9-18-19-15/h2-7,9,17H,8H2,1H3,(H,18,19). The molecule has 0 aliphatic rings. The van der Waals surface area contributed by atoms with Crippen LogP contribution in [-0.4, -0.2) is 10.2 Å². The fraction of sp³-hybridized carbons (Fsp3) is 0.133. The molecule has 2 N–H and O–H groups in total. The van der Waals surface area contributed by atoms with Crippen molar-refractivity contribution in [1.82, 2.24) is 10.2 Å². The van der Waals surface area contributed by atoms with Crippen molar-refractivity contribution in [2.24, 2.45) is 0 Å². The van der Waals surface area contributed by atoms with Gasteiger partial charge in [-0.2, -0.15) is 5.10 Å². The van der Waals surface area contributed by atoms with Gasteiger partial charge in [0.05, 0.1) is 11.7 Å². The van der Waals surface area contributed by atoms with Gasteiger partial charge in [0.25, 0.3) is 0 Å². The van der Waals surface area contributed by atoms with E-state index in [2.05, 4.69) is 62.6 Å². The van der Waals surface area contributed by atoms with Gasteiger partial charge in [0.2, 0.25) is 0 Å². The molecule has 1 heterocycles. The maximum Gasteiger partial charge on any atom is 0.0671 e. The molecule has 3 aromatic rings. The zero-order valence-electron chi connectivity index (χ0n) is 10.6. The van der Waals surface area contributed by atoms with Crippen molar-refractivity contribution in [1.29, 1.82) is 0 Å². The Bertz CT molecular complexity index is 718. The lowest BCUT2D eigenvalue weighted by Gasteiger charge is -2.08. The van der Waals surface area contributed by atoms with Gasteiger partial charge in [-0.1, -0.05) is 34.1 Å². The second kappa shape index (κ2) is 5.05. The Hall–Kier alpha value is -1.81. The molecular formula is C15H14BrN3. The molecule has 0 amide bonds. The molecule has 2 aromatic carbocycles. The summed E-state index contributed by atoms with van der Waals surface area (Å²) in [5.74, 6) is 0. The minimum absolute atomic E-state index is 0.795. The molecule has 3 rings (SSSR count). The Balaban J connectivity index is 1.82. The van der Waals surface area contributed by atoms with E-state index in [1.807, 2.05) is 18.3 Å². The van der Waals surface area contributed by atoms with Crippen LogP contribution < -0.4 is 5.32 Å². The fourth-order valence-corrected chi connectivity index (χ4v) is 2.49. The van der Waals surface area contributed by atoms with Crippen molar-refractivity contribution in [2.75, 3.05) is 5.32 Å². The molecule has 0 aliphatic heterocycles. The lowest BCUT2D eigenvalue weighted by molar-refractivity contribution is 1.12. The first-order chi connectivity index (χ1) is 9.24. The van der Waals surface area contributed by atoms with Gasteiger partial charge in [-0.3, -0.25) is 5.10 Å². The topological polar surface area (TPSA) is 40.7 Å². The summed E-state index contributed by atoms with van der Waals surface area (Å²) in [5, 5.41) is 11.6. The molecule has 4 heteroatoms. The highest BCUT2D eigenvalue weighted by Gasteiger charge is 2.02. The summed E-state index contributed by atoms with van der Waals surface area (Å²) < 4.78 is 1.15. The molecule has 0 atom stereocenters. The van der Waals surface area contributed by atoms with Crippen LogP contribution in [0, 0.1) is 6.92 Å². The van der Waals surface area contributed by atoms with Crippen LogP contribution in [0.4, 0.5) is 5.69 Å². The van der Waals surface area contributed by atoms with E-state index >= 15 is 0 Å². The number of aryl methyl sites for hydroxylation is 1. The van der Waals surface area contributed by atoms with E-state index in [0.717, 1.165) is 27.6 Å². The van der Waals surface area contributed by atoms with Crippen molar-refractivity contribution in [2.45, 2.75) is 13.5 Å². The normalized spacial score (nSPS) is 10.8. The molecule has 0 saturated heterocycles. The minimum Gasteiger partial charge on any atom is -0.380 e. The quantitative estimate of drug-likeness (QED) is 0.758. The number of anilines is 1. The van der Waals surface area contributed by atoms with Crippen LogP contribution in [0.25, 0.3) is 10.9 Å². The molecule has 0 spiro atoms. The fourth-order valence-electron chi connectivity index (χ4n) is 2.07. The largest absolute Gasteiger partial charge is 0.380 e. The first-order valence-electron chi connectivity index (χ1n) is 6.15. The Labute approximate surface area is 120 Å². The van der Waals surface area contributed by atoms with E-state index in [-0.39, 0.29) is 0 Å². The summed E-state index contributed by atoms with van der Waals surface area (Å²) in [6.45, 7) is 2.89. The number of aromatic nitrogens is 2. The summed E-state index contributed by atoms with van der Waals surface area (Å²) >= 11 is 3.56. The van der Waals surface area contributed by atoms with Gasteiger partial charge in [-0.25, -0.2) is 0 Å². The molecule has 0 fully saturated rings. The third-order valence-electron chi connectivity index (χ3n) is 3.20. The number of hydrogen-bond donors (Lipinski definition) is 2. The highest BCUT2D eigenvalue weighted by molar-refractivity contribution is 9.10. The number of fused-ring (bicyclic) bond motifs is 1. The van der Waals surface area contributed by atoms with Gasteiger partial charge >= 0.3 is 0 Å². The molecule has 19 heavy (non-hydrogen) atoms. The number of aromatic amines is 1. The van der Waals surface area contributed by atoms with Crippen molar-refractivity contribution in [3.63, 3.8) is 0 Å². The molecule has 0 bridgehead atoms. The Morgan fingerprint density at radius 2 is 2.16 bits per heavy atom. The van der Waals surface area contributed by atoms with Crippen molar-refractivity contribution < 1.29 is 0 Å². The molecule has 96 valence electrons. The number of halogens is 1. The second-order valence-corrected chi connectivity index (χ2v) is 5.43. The molecule has 0 saturated carbocycles. The van der Waals surface area contributed by atoms with E-state index in [1.54, 1.807) is 0 Å². The summed E-state index contributed by atoms with van der Waals surface area (Å²) in [6.07, 6.45) is 1.85. The number of rotatable bonds is 3. The number of nitrogens with zero attached hydrogens (tertiary/aromatic N) is 1. The van der Waals surface area contributed by atoms with Gasteiger partial charge in [0.15, 0.2) is 0 Å². The van der Waals surface area contributed by atoms with Crippen LogP contribution in [0.15, 0.2) is 47.1 Å². The Kier molecular flexibility index (Phi) is 3.25. The van der Waals surface area contributed by atoms with Crippen molar-refractivity contribution >= 4 is 32.5 Å². The lowest BCUT2D eigenvalue weighted by atomic mass is 10.1. The summed E-state index contributed by atoms with van der Waals surface area (Å²) in [7, 11) is 0. The van der Waals surface area contributed by atoms with E-state index < -0.39 is 0 Å². The predicted molar refractivity (Wildman–Crippen MR) is 82.3 cm³/mol. The smallest absolute Gasteiger partial charge is 0.0671 e. The second-order valence-electron chi connectivity index (χ2n) is 4.57.